The van der Waals surface area contributed by atoms with Gasteiger partial charge in [0, 0.05) is 5.39 Å². The number of aryl methyl sites for hydroxylation is 1. The summed E-state index contributed by atoms with van der Waals surface area (Å²) in [5.41, 5.74) is 6.71. The molecule has 4 aromatic rings. The van der Waals surface area contributed by atoms with E-state index < -0.39 is 6.10 Å². The summed E-state index contributed by atoms with van der Waals surface area (Å²) < 4.78 is 16.5. The molecule has 0 saturated heterocycles. The van der Waals surface area contributed by atoms with Gasteiger partial charge < -0.3 is 5.11 Å². The smallest absolute Gasteiger partial charge is 0.131 e. The third kappa shape index (κ3) is 3.24. The summed E-state index contributed by atoms with van der Waals surface area (Å²) in [4.78, 5) is 0. The number of aromatic nitrogens is 2. The van der Waals surface area contributed by atoms with Crippen molar-refractivity contribution in [3.63, 3.8) is 0 Å². The quantitative estimate of drug-likeness (QED) is 0.365. The maximum absolute atomic E-state index is 14.4. The summed E-state index contributed by atoms with van der Waals surface area (Å²) in [5.74, 6) is -0.190. The molecule has 1 heterocycles. The van der Waals surface area contributed by atoms with Crippen molar-refractivity contribution in [2.75, 3.05) is 0 Å². The van der Waals surface area contributed by atoms with Gasteiger partial charge in [0.1, 0.15) is 5.82 Å². The van der Waals surface area contributed by atoms with E-state index in [1.54, 1.807) is 12.1 Å². The molecule has 3 nitrogen and oxygen atoms in total. The second-order valence-corrected chi connectivity index (χ2v) is 10.2. The fraction of sp³-hybridized carbons (Fsp3) is 0.300. The van der Waals surface area contributed by atoms with Crippen molar-refractivity contribution in [1.82, 2.24) is 9.78 Å². The Balaban J connectivity index is 1.40. The number of halogens is 1. The molecule has 1 N–H and O–H groups in total. The maximum atomic E-state index is 14.4. The monoisotopic (exact) mass is 452 g/mol. The Kier molecular flexibility index (Phi) is 4.96. The van der Waals surface area contributed by atoms with Crippen LogP contribution in [-0.4, -0.2) is 14.9 Å². The highest BCUT2D eigenvalue weighted by atomic mass is 19.1. The lowest BCUT2D eigenvalue weighted by atomic mass is 9.57. The zero-order valence-corrected chi connectivity index (χ0v) is 19.6. The average molecular weight is 453 g/mol. The van der Waals surface area contributed by atoms with E-state index in [0.29, 0.717) is 5.39 Å². The minimum absolute atomic E-state index is 0.0530. The molecule has 0 radical (unpaired) electrons. The maximum Gasteiger partial charge on any atom is 0.131 e. The molecule has 4 heteroatoms. The highest BCUT2D eigenvalue weighted by Gasteiger charge is 2.46. The van der Waals surface area contributed by atoms with Crippen LogP contribution in [0.4, 0.5) is 4.39 Å². The molecule has 1 fully saturated rings. The number of benzene rings is 3. The Morgan fingerprint density at radius 3 is 2.62 bits per heavy atom. The normalized spacial score (nSPS) is 22.7. The van der Waals surface area contributed by atoms with Crippen molar-refractivity contribution in [3.05, 3.63) is 101 Å². The highest BCUT2D eigenvalue weighted by Crippen LogP contribution is 2.55. The van der Waals surface area contributed by atoms with Crippen LogP contribution in [0.1, 0.15) is 54.7 Å². The van der Waals surface area contributed by atoms with Gasteiger partial charge in [-0.2, -0.15) is 5.10 Å². The van der Waals surface area contributed by atoms with E-state index >= 15 is 0 Å². The van der Waals surface area contributed by atoms with Crippen molar-refractivity contribution in [3.8, 4) is 5.69 Å². The van der Waals surface area contributed by atoms with Crippen molar-refractivity contribution < 1.29 is 9.50 Å². The number of rotatable bonds is 3. The summed E-state index contributed by atoms with van der Waals surface area (Å²) in [6, 6.07) is 19.2. The Labute approximate surface area is 199 Å². The van der Waals surface area contributed by atoms with E-state index in [1.165, 1.54) is 22.8 Å². The summed E-state index contributed by atoms with van der Waals surface area (Å²) >= 11 is 0. The van der Waals surface area contributed by atoms with Crippen LogP contribution < -0.4 is 0 Å². The molecule has 2 aliphatic carbocycles. The minimum Gasteiger partial charge on any atom is -0.388 e. The minimum atomic E-state index is -0.659. The van der Waals surface area contributed by atoms with E-state index in [4.69, 9.17) is 5.10 Å². The zero-order chi connectivity index (χ0) is 23.4. The molecule has 0 spiro atoms. The number of nitrogens with zero attached hydrogens (tertiary/aromatic N) is 2. The molecule has 172 valence electrons. The first-order valence-corrected chi connectivity index (χ1v) is 12.2. The Morgan fingerprint density at radius 2 is 1.82 bits per heavy atom. The first kappa shape index (κ1) is 21.3. The van der Waals surface area contributed by atoms with Gasteiger partial charge in [0.15, 0.2) is 0 Å². The first-order chi connectivity index (χ1) is 16.5. The summed E-state index contributed by atoms with van der Waals surface area (Å²) in [6.45, 7) is 4.39. The van der Waals surface area contributed by atoms with Gasteiger partial charge in [0.2, 0.25) is 0 Å². The van der Waals surface area contributed by atoms with Crippen molar-refractivity contribution in [2.24, 2.45) is 11.3 Å². The van der Waals surface area contributed by atoms with E-state index in [0.717, 1.165) is 48.0 Å². The third-order valence-corrected chi connectivity index (χ3v) is 8.15. The summed E-state index contributed by atoms with van der Waals surface area (Å²) in [5, 5.41) is 17.8. The molecule has 3 atom stereocenters. The Morgan fingerprint density at radius 1 is 1.06 bits per heavy atom. The van der Waals surface area contributed by atoms with Gasteiger partial charge in [-0.25, -0.2) is 9.07 Å². The number of aliphatic hydroxyl groups is 1. The topological polar surface area (TPSA) is 38.0 Å². The van der Waals surface area contributed by atoms with Crippen molar-refractivity contribution in [2.45, 2.75) is 45.6 Å². The number of hydrogen-bond donors (Lipinski definition) is 1. The van der Waals surface area contributed by atoms with Gasteiger partial charge >= 0.3 is 0 Å². The number of aliphatic hydroxyl groups excluding tert-OH is 1. The second-order valence-electron chi connectivity index (χ2n) is 10.2. The average Bonchev–Trinajstić information content (AvgIpc) is 3.24. The van der Waals surface area contributed by atoms with Crippen molar-refractivity contribution in [1.29, 1.82) is 0 Å². The molecule has 34 heavy (non-hydrogen) atoms. The summed E-state index contributed by atoms with van der Waals surface area (Å²) in [7, 11) is 0. The van der Waals surface area contributed by atoms with E-state index in [1.807, 2.05) is 29.1 Å². The van der Waals surface area contributed by atoms with Crippen LogP contribution in [-0.2, 0) is 6.42 Å². The predicted octanol–water partition coefficient (Wildman–Crippen LogP) is 6.95. The fourth-order valence-corrected chi connectivity index (χ4v) is 6.24. The highest BCUT2D eigenvalue weighted by molar-refractivity contribution is 5.86. The largest absolute Gasteiger partial charge is 0.388 e. The molecule has 0 unspecified atom stereocenters. The number of fused-ring (bicyclic) bond motifs is 3. The molecule has 3 aromatic carbocycles. The van der Waals surface area contributed by atoms with Crippen LogP contribution in [0.3, 0.4) is 0 Å². The van der Waals surface area contributed by atoms with Gasteiger partial charge in [-0.15, -0.1) is 0 Å². The lowest BCUT2D eigenvalue weighted by Crippen LogP contribution is -2.40. The van der Waals surface area contributed by atoms with Gasteiger partial charge in [-0.1, -0.05) is 60.5 Å². The molecule has 1 aromatic heterocycles. The van der Waals surface area contributed by atoms with E-state index in [9.17, 15) is 9.50 Å². The molecule has 6 rings (SSSR count). The second kappa shape index (κ2) is 7.92. The lowest BCUT2D eigenvalue weighted by Gasteiger charge is -2.48. The van der Waals surface area contributed by atoms with Crippen molar-refractivity contribution >= 4 is 16.8 Å². The van der Waals surface area contributed by atoms with Gasteiger partial charge in [0.05, 0.1) is 23.7 Å². The molecule has 0 amide bonds. The zero-order valence-electron chi connectivity index (χ0n) is 19.6. The molecule has 0 aliphatic heterocycles. The molecule has 1 saturated carbocycles. The Hall–Kier alpha value is -3.24. The van der Waals surface area contributed by atoms with Crippen LogP contribution in [0.25, 0.3) is 22.5 Å². The summed E-state index contributed by atoms with van der Waals surface area (Å²) in [6.07, 6.45) is 7.50. The van der Waals surface area contributed by atoms with Gasteiger partial charge in [0.25, 0.3) is 0 Å². The van der Waals surface area contributed by atoms with Crippen LogP contribution in [0.2, 0.25) is 0 Å². The molecular formula is C30H29FN2O. The van der Waals surface area contributed by atoms with Crippen LogP contribution in [0.5, 0.6) is 0 Å². The van der Waals surface area contributed by atoms with Crippen LogP contribution in [0.15, 0.2) is 72.4 Å². The lowest BCUT2D eigenvalue weighted by molar-refractivity contribution is 0.0226. The SMILES string of the molecule is Cc1ccc(-n2ncc3c2C=C2CCC[C@H]([C@@H](O)c4ccc(F)c5ccccc45)[C@@]2(C)C3)cc1. The number of hydrogen-bond acceptors (Lipinski definition) is 2. The van der Waals surface area contributed by atoms with Crippen LogP contribution in [0, 0.1) is 24.1 Å². The van der Waals surface area contributed by atoms with E-state index in [2.05, 4.69) is 44.2 Å². The first-order valence-electron chi connectivity index (χ1n) is 12.2. The molecular weight excluding hydrogens is 423 g/mol. The fourth-order valence-electron chi connectivity index (χ4n) is 6.24. The van der Waals surface area contributed by atoms with E-state index in [-0.39, 0.29) is 17.2 Å². The predicted molar refractivity (Wildman–Crippen MR) is 134 cm³/mol. The standard InChI is InChI=1S/C30H29FN2O/c1-19-10-12-22(13-11-19)33-28-16-21-6-5-9-26(30(21,2)17-20(28)18-32-33)29(34)25-14-15-27(31)24-8-4-3-7-23(24)25/h3-4,7-8,10-16,18,26,29,34H,5-6,9,17H2,1-2H3/t26-,29+,30+/m1/s1. The van der Waals surface area contributed by atoms with Crippen LogP contribution >= 0.6 is 0 Å². The molecule has 2 aliphatic rings. The molecule has 0 bridgehead atoms. The Bertz CT molecular complexity index is 1420. The third-order valence-electron chi connectivity index (χ3n) is 8.15. The van der Waals surface area contributed by atoms with Gasteiger partial charge in [-0.3, -0.25) is 0 Å². The number of allylic oxidation sites excluding steroid dienone is 1. The van der Waals surface area contributed by atoms with Gasteiger partial charge in [-0.05, 0) is 84.7 Å².